The van der Waals surface area contributed by atoms with Gasteiger partial charge in [-0.1, -0.05) is 24.3 Å². The van der Waals surface area contributed by atoms with E-state index < -0.39 is 21.9 Å². The van der Waals surface area contributed by atoms with Crippen molar-refractivity contribution in [2.45, 2.75) is 20.0 Å². The van der Waals surface area contributed by atoms with E-state index in [1.54, 1.807) is 55.6 Å². The van der Waals surface area contributed by atoms with Gasteiger partial charge in [0.2, 0.25) is 0 Å². The van der Waals surface area contributed by atoms with E-state index in [1.807, 2.05) is 0 Å². The standard InChI is InChI=1S/C21H21N3O6/c1-14-19(24(27)28)20(25)23(13-16-6-10-18(30-3)11-7-16)21(26)22(14)12-15-4-8-17(29-2)9-5-15/h4-11H,12-13H2,1-3H3. The first-order valence-corrected chi connectivity index (χ1v) is 9.10. The average Bonchev–Trinajstić information content (AvgIpc) is 2.75. The van der Waals surface area contributed by atoms with Crippen molar-refractivity contribution in [3.8, 4) is 11.5 Å². The Kier molecular flexibility index (Phi) is 6.01. The van der Waals surface area contributed by atoms with Crippen LogP contribution in [0, 0.1) is 17.0 Å². The molecule has 0 atom stereocenters. The highest BCUT2D eigenvalue weighted by molar-refractivity contribution is 5.34. The molecule has 0 saturated heterocycles. The van der Waals surface area contributed by atoms with E-state index in [4.69, 9.17) is 9.47 Å². The van der Waals surface area contributed by atoms with Crippen molar-refractivity contribution in [3.63, 3.8) is 0 Å². The van der Waals surface area contributed by atoms with Crippen LogP contribution in [-0.4, -0.2) is 28.3 Å². The second-order valence-corrected chi connectivity index (χ2v) is 6.65. The van der Waals surface area contributed by atoms with Crippen LogP contribution in [0.25, 0.3) is 0 Å². The molecule has 3 aromatic rings. The molecule has 156 valence electrons. The molecule has 0 aliphatic carbocycles. The molecular formula is C21H21N3O6. The van der Waals surface area contributed by atoms with Gasteiger partial charge in [0.1, 0.15) is 17.2 Å². The first-order chi connectivity index (χ1) is 14.3. The number of nitrogens with zero attached hydrogens (tertiary/aromatic N) is 3. The number of rotatable bonds is 7. The van der Waals surface area contributed by atoms with Crippen LogP contribution in [-0.2, 0) is 13.1 Å². The average molecular weight is 411 g/mol. The summed E-state index contributed by atoms with van der Waals surface area (Å²) in [5, 5.41) is 11.6. The minimum atomic E-state index is -0.927. The van der Waals surface area contributed by atoms with Crippen molar-refractivity contribution < 1.29 is 14.4 Å². The zero-order valence-electron chi connectivity index (χ0n) is 16.8. The van der Waals surface area contributed by atoms with Crippen molar-refractivity contribution in [2.24, 2.45) is 0 Å². The van der Waals surface area contributed by atoms with E-state index in [-0.39, 0.29) is 18.8 Å². The van der Waals surface area contributed by atoms with Crippen molar-refractivity contribution in [3.05, 3.63) is 96.3 Å². The fraction of sp³-hybridized carbons (Fsp3) is 0.238. The quantitative estimate of drug-likeness (QED) is 0.436. The van der Waals surface area contributed by atoms with Gasteiger partial charge in [-0.15, -0.1) is 0 Å². The van der Waals surface area contributed by atoms with Gasteiger partial charge in [-0.05, 0) is 42.3 Å². The Hall–Kier alpha value is -3.88. The zero-order valence-corrected chi connectivity index (χ0v) is 16.8. The summed E-state index contributed by atoms with van der Waals surface area (Å²) in [6.07, 6.45) is 0. The Morgan fingerprint density at radius 1 is 0.833 bits per heavy atom. The molecule has 0 radical (unpaired) electrons. The molecule has 0 N–H and O–H groups in total. The highest BCUT2D eigenvalue weighted by Crippen LogP contribution is 2.16. The summed E-state index contributed by atoms with van der Waals surface area (Å²) < 4.78 is 12.4. The number of nitro groups is 1. The van der Waals surface area contributed by atoms with Crippen LogP contribution < -0.4 is 20.7 Å². The molecule has 9 nitrogen and oxygen atoms in total. The van der Waals surface area contributed by atoms with Gasteiger partial charge in [0.05, 0.1) is 32.2 Å². The first-order valence-electron chi connectivity index (χ1n) is 9.10. The van der Waals surface area contributed by atoms with Crippen LogP contribution >= 0.6 is 0 Å². The Labute approximate surface area is 171 Å². The zero-order chi connectivity index (χ0) is 21.8. The molecule has 3 rings (SSSR count). The van der Waals surface area contributed by atoms with Crippen molar-refractivity contribution in [1.29, 1.82) is 0 Å². The molecular weight excluding hydrogens is 390 g/mol. The normalized spacial score (nSPS) is 10.6. The third-order valence-electron chi connectivity index (χ3n) is 4.84. The van der Waals surface area contributed by atoms with Crippen molar-refractivity contribution in [2.75, 3.05) is 14.2 Å². The van der Waals surface area contributed by atoms with Gasteiger partial charge in [0, 0.05) is 0 Å². The fourth-order valence-corrected chi connectivity index (χ4v) is 3.15. The van der Waals surface area contributed by atoms with E-state index in [0.29, 0.717) is 17.1 Å². The molecule has 0 unspecified atom stereocenters. The van der Waals surface area contributed by atoms with E-state index in [0.717, 1.165) is 10.1 Å². The second kappa shape index (κ2) is 8.64. The highest BCUT2D eigenvalue weighted by Gasteiger charge is 2.25. The maximum Gasteiger partial charge on any atom is 0.353 e. The number of aromatic nitrogens is 2. The molecule has 0 bridgehead atoms. The molecule has 1 heterocycles. The van der Waals surface area contributed by atoms with Crippen LogP contribution in [0.1, 0.15) is 16.8 Å². The van der Waals surface area contributed by atoms with Gasteiger partial charge in [0.25, 0.3) is 0 Å². The van der Waals surface area contributed by atoms with E-state index in [1.165, 1.54) is 18.6 Å². The summed E-state index contributed by atoms with van der Waals surface area (Å²) in [6.45, 7) is 1.39. The molecule has 30 heavy (non-hydrogen) atoms. The van der Waals surface area contributed by atoms with Crippen LogP contribution in [0.3, 0.4) is 0 Å². The summed E-state index contributed by atoms with van der Waals surface area (Å²) in [5.74, 6) is 1.27. The largest absolute Gasteiger partial charge is 0.497 e. The predicted octanol–water partition coefficient (Wildman–Crippen LogP) is 2.34. The lowest BCUT2D eigenvalue weighted by Crippen LogP contribution is -2.42. The van der Waals surface area contributed by atoms with Gasteiger partial charge in [0.15, 0.2) is 0 Å². The lowest BCUT2D eigenvalue weighted by atomic mass is 10.2. The predicted molar refractivity (Wildman–Crippen MR) is 111 cm³/mol. The van der Waals surface area contributed by atoms with Crippen molar-refractivity contribution >= 4 is 5.69 Å². The lowest BCUT2D eigenvalue weighted by molar-refractivity contribution is -0.387. The van der Waals surface area contributed by atoms with Crippen LogP contribution in [0.2, 0.25) is 0 Å². The molecule has 9 heteroatoms. The van der Waals surface area contributed by atoms with Crippen LogP contribution in [0.15, 0.2) is 58.1 Å². The minimum absolute atomic E-state index is 0.0109. The van der Waals surface area contributed by atoms with E-state index in [9.17, 15) is 19.7 Å². The molecule has 2 aromatic carbocycles. The summed E-state index contributed by atoms with van der Waals surface area (Å²) >= 11 is 0. The maximum atomic E-state index is 13.1. The van der Waals surface area contributed by atoms with Gasteiger partial charge >= 0.3 is 16.9 Å². The number of hydrogen-bond acceptors (Lipinski definition) is 6. The van der Waals surface area contributed by atoms with Crippen molar-refractivity contribution in [1.82, 2.24) is 9.13 Å². The summed E-state index contributed by atoms with van der Waals surface area (Å²) in [5.41, 5.74) is -0.762. The number of hydrogen-bond donors (Lipinski definition) is 0. The molecule has 1 aromatic heterocycles. The number of methoxy groups -OCH3 is 2. The number of ether oxygens (including phenoxy) is 2. The van der Waals surface area contributed by atoms with Gasteiger partial charge < -0.3 is 9.47 Å². The van der Waals surface area contributed by atoms with Gasteiger partial charge in [-0.2, -0.15) is 0 Å². The van der Waals surface area contributed by atoms with Crippen LogP contribution in [0.4, 0.5) is 5.69 Å². The Morgan fingerprint density at radius 2 is 1.27 bits per heavy atom. The third kappa shape index (κ3) is 4.09. The molecule has 0 fully saturated rings. The molecule has 0 saturated carbocycles. The number of benzene rings is 2. The first kappa shape index (κ1) is 20.8. The van der Waals surface area contributed by atoms with Gasteiger partial charge in [-0.25, -0.2) is 9.36 Å². The monoisotopic (exact) mass is 411 g/mol. The Morgan fingerprint density at radius 3 is 1.67 bits per heavy atom. The Bertz CT molecular complexity index is 1180. The molecule has 0 aliphatic heterocycles. The summed E-state index contributed by atoms with van der Waals surface area (Å²) in [7, 11) is 3.07. The topological polar surface area (TPSA) is 106 Å². The van der Waals surface area contributed by atoms with Gasteiger partial charge in [-0.3, -0.25) is 19.5 Å². The highest BCUT2D eigenvalue weighted by atomic mass is 16.6. The van der Waals surface area contributed by atoms with E-state index >= 15 is 0 Å². The maximum absolute atomic E-state index is 13.1. The summed E-state index contributed by atoms with van der Waals surface area (Å²) in [4.78, 5) is 36.7. The second-order valence-electron chi connectivity index (χ2n) is 6.65. The lowest BCUT2D eigenvalue weighted by Gasteiger charge is -2.14. The molecule has 0 aliphatic rings. The fourth-order valence-electron chi connectivity index (χ4n) is 3.15. The Balaban J connectivity index is 2.10. The molecule has 0 spiro atoms. The molecule has 0 amide bonds. The summed E-state index contributed by atoms with van der Waals surface area (Å²) in [6, 6.07) is 13.8. The third-order valence-corrected chi connectivity index (χ3v) is 4.84. The minimum Gasteiger partial charge on any atom is -0.497 e. The SMILES string of the molecule is COc1ccc(Cn2c(C)c([N+](=O)[O-])c(=O)n(Cc3ccc(OC)cc3)c2=O)cc1. The smallest absolute Gasteiger partial charge is 0.353 e. The van der Waals surface area contributed by atoms with Crippen LogP contribution in [0.5, 0.6) is 11.5 Å². The van der Waals surface area contributed by atoms with E-state index in [2.05, 4.69) is 0 Å².